The normalized spacial score (nSPS) is 9.86. The van der Waals surface area contributed by atoms with E-state index in [2.05, 4.69) is 17.2 Å². The Morgan fingerprint density at radius 1 is 0.821 bits per heavy atom. The summed E-state index contributed by atoms with van der Waals surface area (Å²) in [4.78, 5) is 23.4. The van der Waals surface area contributed by atoms with Gasteiger partial charge in [-0.1, -0.05) is 60.4 Å². The van der Waals surface area contributed by atoms with E-state index in [-0.39, 0.29) is 18.0 Å². The van der Waals surface area contributed by atoms with Crippen LogP contribution in [0.1, 0.15) is 37.4 Å². The Hall–Kier alpha value is -3.84. The summed E-state index contributed by atoms with van der Waals surface area (Å²) in [5, 5.41) is 11.8. The summed E-state index contributed by atoms with van der Waals surface area (Å²) in [5.41, 5.74) is 3.36. The van der Waals surface area contributed by atoms with E-state index in [1.54, 1.807) is 36.4 Å². The van der Waals surface area contributed by atoms with Gasteiger partial charge in [0, 0.05) is 24.1 Å². The van der Waals surface area contributed by atoms with Crippen molar-refractivity contribution in [2.75, 3.05) is 0 Å². The second-order valence-electron chi connectivity index (χ2n) is 6.23. The van der Waals surface area contributed by atoms with E-state index in [9.17, 15) is 9.59 Å². The molecule has 4 heteroatoms. The Labute approximate surface area is 163 Å². The number of aromatic carboxylic acids is 1. The molecule has 0 saturated heterocycles. The van der Waals surface area contributed by atoms with Crippen molar-refractivity contribution < 1.29 is 14.7 Å². The molecule has 3 aromatic carbocycles. The number of hydrogen-bond acceptors (Lipinski definition) is 2. The first-order chi connectivity index (χ1) is 13.6. The minimum absolute atomic E-state index is 0.197. The van der Waals surface area contributed by atoms with Gasteiger partial charge in [0.2, 0.25) is 0 Å². The molecule has 0 fully saturated rings. The van der Waals surface area contributed by atoms with Gasteiger partial charge in [0.05, 0.1) is 5.56 Å². The smallest absolute Gasteiger partial charge is 0.335 e. The number of carboxylic acid groups (broad SMARTS) is 1. The van der Waals surface area contributed by atoms with Crippen LogP contribution in [0.25, 0.3) is 0 Å². The topological polar surface area (TPSA) is 66.4 Å². The maximum atomic E-state index is 12.4. The molecule has 0 atom stereocenters. The average Bonchev–Trinajstić information content (AvgIpc) is 2.73. The Bertz CT molecular complexity index is 1050. The summed E-state index contributed by atoms with van der Waals surface area (Å²) in [5.74, 6) is 4.99. The van der Waals surface area contributed by atoms with Gasteiger partial charge in [-0.25, -0.2) is 4.79 Å². The van der Waals surface area contributed by atoms with Gasteiger partial charge in [-0.15, -0.1) is 0 Å². The van der Waals surface area contributed by atoms with Gasteiger partial charge in [0.15, 0.2) is 0 Å². The molecule has 0 spiro atoms. The fourth-order valence-electron chi connectivity index (χ4n) is 2.68. The van der Waals surface area contributed by atoms with Crippen molar-refractivity contribution in [3.8, 4) is 11.8 Å². The lowest BCUT2D eigenvalue weighted by Gasteiger charge is -2.06. The lowest BCUT2D eigenvalue weighted by atomic mass is 10.1. The van der Waals surface area contributed by atoms with Gasteiger partial charge < -0.3 is 10.4 Å². The third kappa shape index (κ3) is 5.33. The molecule has 0 bridgehead atoms. The van der Waals surface area contributed by atoms with Crippen LogP contribution >= 0.6 is 0 Å². The third-order valence-electron chi connectivity index (χ3n) is 4.12. The van der Waals surface area contributed by atoms with Crippen molar-refractivity contribution in [3.05, 3.63) is 107 Å². The lowest BCUT2D eigenvalue weighted by Crippen LogP contribution is -2.23. The summed E-state index contributed by atoms with van der Waals surface area (Å²) in [6.07, 6.45) is 0.650. The van der Waals surface area contributed by atoms with Crippen LogP contribution in [-0.2, 0) is 13.0 Å². The maximum absolute atomic E-state index is 12.4. The largest absolute Gasteiger partial charge is 0.478 e. The van der Waals surface area contributed by atoms with Gasteiger partial charge >= 0.3 is 5.97 Å². The van der Waals surface area contributed by atoms with E-state index in [0.29, 0.717) is 12.0 Å². The molecule has 3 aromatic rings. The van der Waals surface area contributed by atoms with Gasteiger partial charge in [0.1, 0.15) is 0 Å². The lowest BCUT2D eigenvalue weighted by molar-refractivity contribution is 0.0696. The van der Waals surface area contributed by atoms with Crippen LogP contribution < -0.4 is 5.32 Å². The standard InChI is InChI=1S/C24H19NO3/c26-23(25-17-20-12-6-14-22(16-20)24(27)28)21-13-5-11-19(15-21)10-4-9-18-7-2-1-3-8-18/h1-3,5-8,11-16H,9,17H2,(H,25,26)(H,27,28). The Kier molecular flexibility index (Phi) is 6.22. The fourth-order valence-corrected chi connectivity index (χ4v) is 2.68. The van der Waals surface area contributed by atoms with E-state index in [4.69, 9.17) is 5.11 Å². The number of amides is 1. The first kappa shape index (κ1) is 18.9. The molecule has 1 amide bonds. The summed E-state index contributed by atoms with van der Waals surface area (Å²) in [6, 6.07) is 23.6. The number of carbonyl (C=O) groups is 2. The van der Waals surface area contributed by atoms with Crippen LogP contribution in [0.2, 0.25) is 0 Å². The minimum Gasteiger partial charge on any atom is -0.478 e. The minimum atomic E-state index is -0.991. The molecule has 0 heterocycles. The van der Waals surface area contributed by atoms with Crippen LogP contribution in [0.15, 0.2) is 78.9 Å². The van der Waals surface area contributed by atoms with Crippen LogP contribution in [-0.4, -0.2) is 17.0 Å². The van der Waals surface area contributed by atoms with Crippen molar-refractivity contribution in [2.24, 2.45) is 0 Å². The highest BCUT2D eigenvalue weighted by Crippen LogP contribution is 2.08. The first-order valence-electron chi connectivity index (χ1n) is 8.85. The highest BCUT2D eigenvalue weighted by Gasteiger charge is 2.07. The molecule has 0 radical (unpaired) electrons. The Balaban J connectivity index is 1.62. The van der Waals surface area contributed by atoms with E-state index < -0.39 is 5.97 Å². The second-order valence-corrected chi connectivity index (χ2v) is 6.23. The number of rotatable bonds is 5. The zero-order valence-electron chi connectivity index (χ0n) is 15.2. The summed E-state index contributed by atoms with van der Waals surface area (Å²) < 4.78 is 0. The Morgan fingerprint density at radius 3 is 2.32 bits per heavy atom. The van der Waals surface area contributed by atoms with Crippen LogP contribution in [0, 0.1) is 11.8 Å². The number of carboxylic acids is 1. The SMILES string of the molecule is O=C(O)c1cccc(CNC(=O)c2cccc(C#CCc3ccccc3)c2)c1. The van der Waals surface area contributed by atoms with E-state index >= 15 is 0 Å². The van der Waals surface area contributed by atoms with Crippen molar-refractivity contribution in [1.82, 2.24) is 5.32 Å². The molecule has 28 heavy (non-hydrogen) atoms. The van der Waals surface area contributed by atoms with Gasteiger partial charge in [-0.2, -0.15) is 0 Å². The van der Waals surface area contributed by atoms with Crippen molar-refractivity contribution in [1.29, 1.82) is 0 Å². The van der Waals surface area contributed by atoms with Crippen molar-refractivity contribution in [3.63, 3.8) is 0 Å². The molecular formula is C24H19NO3. The quantitative estimate of drug-likeness (QED) is 0.670. The van der Waals surface area contributed by atoms with E-state index in [1.807, 2.05) is 36.4 Å². The van der Waals surface area contributed by atoms with E-state index in [0.717, 1.165) is 16.7 Å². The zero-order valence-corrected chi connectivity index (χ0v) is 15.2. The molecule has 4 nitrogen and oxygen atoms in total. The van der Waals surface area contributed by atoms with Crippen LogP contribution in [0.3, 0.4) is 0 Å². The predicted molar refractivity (Wildman–Crippen MR) is 108 cm³/mol. The monoisotopic (exact) mass is 369 g/mol. The molecule has 0 aliphatic carbocycles. The summed E-state index contributed by atoms with van der Waals surface area (Å²) >= 11 is 0. The number of nitrogens with one attached hydrogen (secondary N) is 1. The zero-order chi connectivity index (χ0) is 19.8. The second kappa shape index (κ2) is 9.20. The average molecular weight is 369 g/mol. The molecule has 0 aliphatic rings. The summed E-state index contributed by atoms with van der Waals surface area (Å²) in [7, 11) is 0. The molecule has 0 aliphatic heterocycles. The van der Waals surface area contributed by atoms with Crippen molar-refractivity contribution >= 4 is 11.9 Å². The fraction of sp³-hybridized carbons (Fsp3) is 0.0833. The molecular weight excluding hydrogens is 350 g/mol. The first-order valence-corrected chi connectivity index (χ1v) is 8.85. The van der Waals surface area contributed by atoms with Crippen LogP contribution in [0.4, 0.5) is 0 Å². The predicted octanol–water partition coefficient (Wildman–Crippen LogP) is 3.91. The molecule has 0 aromatic heterocycles. The highest BCUT2D eigenvalue weighted by molar-refractivity contribution is 5.94. The molecule has 138 valence electrons. The highest BCUT2D eigenvalue weighted by atomic mass is 16.4. The molecule has 3 rings (SSSR count). The van der Waals surface area contributed by atoms with E-state index in [1.165, 1.54) is 6.07 Å². The van der Waals surface area contributed by atoms with Crippen LogP contribution in [0.5, 0.6) is 0 Å². The third-order valence-corrected chi connectivity index (χ3v) is 4.12. The molecule has 0 unspecified atom stereocenters. The van der Waals surface area contributed by atoms with Gasteiger partial charge in [0.25, 0.3) is 5.91 Å². The van der Waals surface area contributed by atoms with Gasteiger partial charge in [-0.05, 0) is 41.5 Å². The maximum Gasteiger partial charge on any atom is 0.335 e. The van der Waals surface area contributed by atoms with Crippen molar-refractivity contribution in [2.45, 2.75) is 13.0 Å². The van der Waals surface area contributed by atoms with Gasteiger partial charge in [-0.3, -0.25) is 4.79 Å². The number of carbonyl (C=O) groups excluding carboxylic acids is 1. The summed E-state index contributed by atoms with van der Waals surface area (Å²) in [6.45, 7) is 0.254. The molecule has 0 saturated carbocycles. The Morgan fingerprint density at radius 2 is 1.54 bits per heavy atom. The number of benzene rings is 3. The number of hydrogen-bond donors (Lipinski definition) is 2. The molecule has 2 N–H and O–H groups in total.